The highest BCUT2D eigenvalue weighted by Crippen LogP contribution is 2.38. The van der Waals surface area contributed by atoms with Crippen molar-refractivity contribution in [1.29, 1.82) is 0 Å². The van der Waals surface area contributed by atoms with Gasteiger partial charge in [0.05, 0.1) is 19.4 Å². The van der Waals surface area contributed by atoms with Gasteiger partial charge in [0.2, 0.25) is 11.8 Å². The van der Waals surface area contributed by atoms with E-state index in [4.69, 9.17) is 9.47 Å². The van der Waals surface area contributed by atoms with Gasteiger partial charge in [-0.3, -0.25) is 9.59 Å². The molecule has 3 rings (SSSR count). The number of methoxy groups -OCH3 is 1. The number of thioether (sulfide) groups is 1. The van der Waals surface area contributed by atoms with Gasteiger partial charge >= 0.3 is 0 Å². The molecule has 6 nitrogen and oxygen atoms in total. The van der Waals surface area contributed by atoms with Crippen molar-refractivity contribution < 1.29 is 19.1 Å². The molecule has 142 valence electrons. The van der Waals surface area contributed by atoms with Crippen LogP contribution < -0.4 is 14.8 Å². The van der Waals surface area contributed by atoms with Crippen LogP contribution in [0, 0.1) is 0 Å². The molecule has 1 aliphatic heterocycles. The molecule has 2 aromatic rings. The largest absolute Gasteiger partial charge is 0.497 e. The maximum Gasteiger partial charge on any atom is 0.233 e. The minimum atomic E-state index is -0.106. The number of anilines is 1. The number of rotatable bonds is 7. The van der Waals surface area contributed by atoms with Gasteiger partial charge in [-0.15, -0.1) is 11.8 Å². The van der Waals surface area contributed by atoms with Crippen LogP contribution in [-0.2, 0) is 9.59 Å². The second-order valence-electron chi connectivity index (χ2n) is 6.08. The molecule has 0 aromatic heterocycles. The van der Waals surface area contributed by atoms with Gasteiger partial charge in [-0.1, -0.05) is 12.1 Å². The molecular weight excluding hydrogens is 364 g/mol. The highest BCUT2D eigenvalue weighted by Gasteiger charge is 2.32. The summed E-state index contributed by atoms with van der Waals surface area (Å²) in [5.74, 6) is 1.97. The Morgan fingerprint density at radius 2 is 1.81 bits per heavy atom. The van der Waals surface area contributed by atoms with Crippen molar-refractivity contribution in [2.75, 3.05) is 31.3 Å². The third kappa shape index (κ3) is 4.95. The molecule has 1 fully saturated rings. The summed E-state index contributed by atoms with van der Waals surface area (Å²) >= 11 is 1.60. The Morgan fingerprint density at radius 1 is 1.15 bits per heavy atom. The Labute approximate surface area is 162 Å². The van der Waals surface area contributed by atoms with Crippen molar-refractivity contribution >= 4 is 29.3 Å². The third-order valence-corrected chi connectivity index (χ3v) is 5.40. The van der Waals surface area contributed by atoms with E-state index in [9.17, 15) is 9.59 Å². The number of amides is 2. The Hall–Kier alpha value is -2.67. The van der Waals surface area contributed by atoms with Crippen molar-refractivity contribution in [3.05, 3.63) is 54.1 Å². The summed E-state index contributed by atoms with van der Waals surface area (Å²) in [4.78, 5) is 25.2. The standard InChI is InChI=1S/C20H22N2O4S/c1-14(23)21-16-5-3-15(4-6-16)20-22(19(24)13-27-20)11-12-26-18-9-7-17(25-2)8-10-18/h3-10,20H,11-13H2,1-2H3,(H,21,23). The van der Waals surface area contributed by atoms with E-state index < -0.39 is 0 Å². The zero-order valence-corrected chi connectivity index (χ0v) is 16.1. The maximum atomic E-state index is 12.3. The van der Waals surface area contributed by atoms with Gasteiger partial charge in [0.25, 0.3) is 0 Å². The summed E-state index contributed by atoms with van der Waals surface area (Å²) in [5, 5.41) is 2.71. The van der Waals surface area contributed by atoms with Crippen LogP contribution in [0.2, 0.25) is 0 Å². The van der Waals surface area contributed by atoms with Crippen molar-refractivity contribution in [3.8, 4) is 11.5 Å². The van der Waals surface area contributed by atoms with Crippen LogP contribution in [0.4, 0.5) is 5.69 Å². The number of ether oxygens (including phenoxy) is 2. The lowest BCUT2D eigenvalue weighted by atomic mass is 10.2. The van der Waals surface area contributed by atoms with E-state index in [1.165, 1.54) is 6.92 Å². The molecule has 0 spiro atoms. The Kier molecular flexibility index (Phi) is 6.24. The summed E-state index contributed by atoms with van der Waals surface area (Å²) < 4.78 is 10.9. The summed E-state index contributed by atoms with van der Waals surface area (Å²) in [6.07, 6.45) is 0. The molecule has 1 N–H and O–H groups in total. The van der Waals surface area contributed by atoms with E-state index in [1.54, 1.807) is 18.9 Å². The lowest BCUT2D eigenvalue weighted by Crippen LogP contribution is -2.32. The topological polar surface area (TPSA) is 67.9 Å². The molecule has 27 heavy (non-hydrogen) atoms. The summed E-state index contributed by atoms with van der Waals surface area (Å²) in [7, 11) is 1.62. The van der Waals surface area contributed by atoms with Gasteiger partial charge in [0, 0.05) is 12.6 Å². The Balaban J connectivity index is 1.59. The first-order chi connectivity index (χ1) is 13.1. The monoisotopic (exact) mass is 386 g/mol. The second kappa shape index (κ2) is 8.81. The van der Waals surface area contributed by atoms with Crippen LogP contribution in [0.25, 0.3) is 0 Å². The van der Waals surface area contributed by atoms with E-state index >= 15 is 0 Å². The average Bonchev–Trinajstić information content (AvgIpc) is 3.03. The fourth-order valence-corrected chi connectivity index (χ4v) is 4.06. The summed E-state index contributed by atoms with van der Waals surface area (Å²) in [6.45, 7) is 2.40. The molecule has 1 heterocycles. The molecule has 0 radical (unpaired) electrons. The lowest BCUT2D eigenvalue weighted by Gasteiger charge is -2.24. The number of hydrogen-bond donors (Lipinski definition) is 1. The lowest BCUT2D eigenvalue weighted by molar-refractivity contribution is -0.128. The smallest absolute Gasteiger partial charge is 0.233 e. The van der Waals surface area contributed by atoms with Gasteiger partial charge in [-0.25, -0.2) is 0 Å². The molecule has 0 bridgehead atoms. The molecular formula is C20H22N2O4S. The molecule has 1 atom stereocenters. The van der Waals surface area contributed by atoms with Crippen LogP contribution in [0.5, 0.6) is 11.5 Å². The van der Waals surface area contributed by atoms with E-state index in [1.807, 2.05) is 53.4 Å². The van der Waals surface area contributed by atoms with Gasteiger partial charge < -0.3 is 19.7 Å². The number of hydrogen-bond acceptors (Lipinski definition) is 5. The number of carbonyl (C=O) groups is 2. The van der Waals surface area contributed by atoms with Crippen molar-refractivity contribution in [2.45, 2.75) is 12.3 Å². The molecule has 2 amide bonds. The SMILES string of the molecule is COc1ccc(OCCN2C(=O)CSC2c2ccc(NC(C)=O)cc2)cc1. The summed E-state index contributed by atoms with van der Waals surface area (Å²) in [5.41, 5.74) is 1.78. The molecule has 7 heteroatoms. The summed E-state index contributed by atoms with van der Waals surface area (Å²) in [6, 6.07) is 15.0. The Bertz CT molecular complexity index is 793. The molecule has 1 saturated heterocycles. The van der Waals surface area contributed by atoms with Crippen LogP contribution in [0.15, 0.2) is 48.5 Å². The van der Waals surface area contributed by atoms with Gasteiger partial charge in [-0.2, -0.15) is 0 Å². The van der Waals surface area contributed by atoms with E-state index in [0.717, 1.165) is 22.7 Å². The number of benzene rings is 2. The predicted molar refractivity (Wildman–Crippen MR) is 106 cm³/mol. The van der Waals surface area contributed by atoms with E-state index in [2.05, 4.69) is 5.32 Å². The third-order valence-electron chi connectivity index (χ3n) is 4.14. The van der Waals surface area contributed by atoms with Crippen molar-refractivity contribution in [3.63, 3.8) is 0 Å². The highest BCUT2D eigenvalue weighted by molar-refractivity contribution is 8.00. The van der Waals surface area contributed by atoms with Crippen LogP contribution >= 0.6 is 11.8 Å². The number of carbonyl (C=O) groups excluding carboxylic acids is 2. The minimum absolute atomic E-state index is 0.0386. The maximum absolute atomic E-state index is 12.3. The quantitative estimate of drug-likeness (QED) is 0.791. The normalized spacial score (nSPS) is 16.3. The highest BCUT2D eigenvalue weighted by atomic mass is 32.2. The van der Waals surface area contributed by atoms with Crippen molar-refractivity contribution in [2.24, 2.45) is 0 Å². The predicted octanol–water partition coefficient (Wildman–Crippen LogP) is 3.31. The second-order valence-corrected chi connectivity index (χ2v) is 7.15. The minimum Gasteiger partial charge on any atom is -0.497 e. The zero-order valence-electron chi connectivity index (χ0n) is 15.3. The number of nitrogens with one attached hydrogen (secondary N) is 1. The molecule has 2 aromatic carbocycles. The van der Waals surface area contributed by atoms with Crippen molar-refractivity contribution in [1.82, 2.24) is 4.90 Å². The molecule has 1 aliphatic rings. The van der Waals surface area contributed by atoms with E-state index in [-0.39, 0.29) is 17.2 Å². The van der Waals surface area contributed by atoms with Gasteiger partial charge in [0.15, 0.2) is 0 Å². The van der Waals surface area contributed by atoms with E-state index in [0.29, 0.717) is 18.9 Å². The first-order valence-electron chi connectivity index (χ1n) is 8.62. The first-order valence-corrected chi connectivity index (χ1v) is 9.67. The first kappa shape index (κ1) is 19.1. The van der Waals surface area contributed by atoms with Crippen LogP contribution in [0.3, 0.4) is 0 Å². The molecule has 0 saturated carbocycles. The van der Waals surface area contributed by atoms with Crippen LogP contribution in [0.1, 0.15) is 17.9 Å². The molecule has 0 aliphatic carbocycles. The van der Waals surface area contributed by atoms with Crippen LogP contribution in [-0.4, -0.2) is 42.7 Å². The zero-order chi connectivity index (χ0) is 19.2. The van der Waals surface area contributed by atoms with Gasteiger partial charge in [-0.05, 0) is 42.0 Å². The Morgan fingerprint density at radius 3 is 2.44 bits per heavy atom. The number of nitrogens with zero attached hydrogens (tertiary/aromatic N) is 1. The molecule has 1 unspecified atom stereocenters. The average molecular weight is 386 g/mol. The fraction of sp³-hybridized carbons (Fsp3) is 0.300. The van der Waals surface area contributed by atoms with Gasteiger partial charge in [0.1, 0.15) is 23.5 Å². The fourth-order valence-electron chi connectivity index (χ4n) is 2.84.